The minimum Gasteiger partial charge on any atom is -0.493 e. The van der Waals surface area contributed by atoms with Gasteiger partial charge in [0.25, 0.3) is 0 Å². The topological polar surface area (TPSA) is 18.5 Å². The zero-order chi connectivity index (χ0) is 40.0. The molecule has 0 N–H and O–H groups in total. The van der Waals surface area contributed by atoms with E-state index in [1.807, 2.05) is 0 Å². The van der Waals surface area contributed by atoms with Gasteiger partial charge in [0, 0.05) is 35.1 Å². The van der Waals surface area contributed by atoms with E-state index in [1.165, 1.54) is 174 Å². The molecule has 3 aromatic carbocycles. The molecule has 0 amide bonds. The highest BCUT2D eigenvalue weighted by Gasteiger charge is 2.49. The van der Waals surface area contributed by atoms with Gasteiger partial charge >= 0.3 is 0 Å². The third-order valence-corrected chi connectivity index (χ3v) is 14.7. The molecule has 6 heteroatoms. The molecule has 318 valence electrons. The molecular formula is C53H78N4O2+4. The van der Waals surface area contributed by atoms with Crippen LogP contribution in [-0.4, -0.2) is 136 Å². The molecule has 6 saturated heterocycles. The second-order valence-corrected chi connectivity index (χ2v) is 18.6. The van der Waals surface area contributed by atoms with Crippen LogP contribution in [-0.2, 0) is 0 Å². The van der Waals surface area contributed by atoms with Gasteiger partial charge in [-0.25, -0.2) is 0 Å². The number of unbranched alkanes of at least 4 members (excludes halogenated alkanes) is 6. The Bertz CT molecular complexity index is 1660. The zero-order valence-corrected chi connectivity index (χ0v) is 36.3. The fraction of sp³-hybridized carbons (Fsp3) is 0.585. The third kappa shape index (κ3) is 12.6. The summed E-state index contributed by atoms with van der Waals surface area (Å²) < 4.78 is 17.8. The summed E-state index contributed by atoms with van der Waals surface area (Å²) in [6.45, 7) is 28.0. The number of hydrogen-bond acceptors (Lipinski definition) is 2. The van der Waals surface area contributed by atoms with E-state index in [0.717, 1.165) is 59.8 Å². The molecular weight excluding hydrogens is 725 g/mol. The Kier molecular flexibility index (Phi) is 16.4. The van der Waals surface area contributed by atoms with Crippen LogP contribution in [0.1, 0.15) is 108 Å². The molecule has 0 spiro atoms. The van der Waals surface area contributed by atoms with Crippen molar-refractivity contribution in [3.63, 3.8) is 0 Å². The van der Waals surface area contributed by atoms with Crippen molar-refractivity contribution in [2.24, 2.45) is 0 Å². The van der Waals surface area contributed by atoms with Crippen LogP contribution >= 0.6 is 0 Å². The summed E-state index contributed by atoms with van der Waals surface area (Å²) in [5.41, 5.74) is 3.96. The largest absolute Gasteiger partial charge is 0.493 e. The van der Waals surface area contributed by atoms with Gasteiger partial charge in [0.05, 0.1) is 39.4 Å². The predicted octanol–water partition coefficient (Wildman–Crippen LogP) is 9.14. The quantitative estimate of drug-likeness (QED) is 0.0645. The Morgan fingerprint density at radius 2 is 0.610 bits per heavy atom. The van der Waals surface area contributed by atoms with Crippen LogP contribution in [0.25, 0.3) is 0 Å². The highest BCUT2D eigenvalue weighted by Crippen LogP contribution is 2.29. The molecule has 0 aliphatic carbocycles. The normalized spacial score (nSPS) is 25.3. The minimum absolute atomic E-state index is 0. The molecule has 6 aliphatic heterocycles. The van der Waals surface area contributed by atoms with Crippen LogP contribution in [0.4, 0.5) is 0 Å². The van der Waals surface area contributed by atoms with Crippen LogP contribution in [0.3, 0.4) is 0 Å². The maximum absolute atomic E-state index is 6.17. The molecule has 6 nitrogen and oxygen atoms in total. The van der Waals surface area contributed by atoms with Crippen LogP contribution in [0.5, 0.6) is 11.5 Å². The number of quaternary nitrogens is 4. The Morgan fingerprint density at radius 1 is 0.356 bits per heavy atom. The number of rotatable bonds is 20. The van der Waals surface area contributed by atoms with Gasteiger partial charge in [0.2, 0.25) is 0 Å². The number of hydrogen-bond donors (Lipinski definition) is 0. The van der Waals surface area contributed by atoms with Crippen LogP contribution in [0, 0.1) is 23.7 Å². The maximum atomic E-state index is 6.17. The molecule has 0 aromatic heterocycles. The average molecular weight is 803 g/mol. The van der Waals surface area contributed by atoms with Crippen LogP contribution in [0.2, 0.25) is 0 Å². The van der Waals surface area contributed by atoms with Gasteiger partial charge in [-0.3, -0.25) is 0 Å². The SMILES string of the molecule is C.CCCCCC[N+]12CC[N+](CCCOc3ccc(C#Cc4ccc(C#Cc5ccc(OCCC[N+]67CC[N+](CCCCCC)(CC6)CC7)cc5)cc4)cc3)(CC1)CC2. The zero-order valence-electron chi connectivity index (χ0n) is 36.3. The summed E-state index contributed by atoms with van der Waals surface area (Å²) in [6, 6.07) is 24.7. The van der Waals surface area contributed by atoms with Gasteiger partial charge in [0.15, 0.2) is 0 Å². The first-order valence-corrected chi connectivity index (χ1v) is 23.4. The Balaban J connectivity index is 0.00000585. The van der Waals surface area contributed by atoms with Crippen molar-refractivity contribution in [2.45, 2.75) is 85.5 Å². The van der Waals surface area contributed by atoms with Crippen molar-refractivity contribution < 1.29 is 27.4 Å². The van der Waals surface area contributed by atoms with E-state index < -0.39 is 0 Å². The summed E-state index contributed by atoms with van der Waals surface area (Å²) in [5, 5.41) is 0. The summed E-state index contributed by atoms with van der Waals surface area (Å²) in [5.74, 6) is 15.1. The molecule has 0 unspecified atom stereocenters. The maximum Gasteiger partial charge on any atom is 0.129 e. The van der Waals surface area contributed by atoms with E-state index in [4.69, 9.17) is 9.47 Å². The van der Waals surface area contributed by atoms with E-state index in [2.05, 4.69) is 110 Å². The highest BCUT2D eigenvalue weighted by molar-refractivity contribution is 5.48. The molecule has 0 saturated carbocycles. The first kappa shape index (κ1) is 44.8. The van der Waals surface area contributed by atoms with Crippen molar-refractivity contribution in [3.8, 4) is 35.2 Å². The van der Waals surface area contributed by atoms with Gasteiger partial charge in [-0.05, 0) is 98.5 Å². The monoisotopic (exact) mass is 803 g/mol. The first-order chi connectivity index (χ1) is 28.4. The third-order valence-electron chi connectivity index (χ3n) is 14.7. The van der Waals surface area contributed by atoms with Gasteiger partial charge < -0.3 is 27.4 Å². The molecule has 9 rings (SSSR count). The van der Waals surface area contributed by atoms with Crippen LogP contribution < -0.4 is 9.47 Å². The molecule has 6 fully saturated rings. The molecule has 4 bridgehead atoms. The highest BCUT2D eigenvalue weighted by atomic mass is 16.5. The number of ether oxygens (including phenoxy) is 2. The second-order valence-electron chi connectivity index (χ2n) is 18.6. The molecule has 0 radical (unpaired) electrons. The summed E-state index contributed by atoms with van der Waals surface area (Å²) in [6.07, 6.45) is 13.4. The lowest BCUT2D eigenvalue weighted by molar-refractivity contribution is -1.08. The standard InChI is InChI=1S/C52H74N4O2.CH4/c1-3-5-7-9-29-53-33-39-55(40-34-53,41-35-53)31-11-45-57-51-25-21-49(22-26-51)19-17-47-13-15-48(16-14-47)18-20-50-23-27-52(28-24-50)58-46-12-32-56-42-36-54(37-43-56,38-44-56)30-10-8-6-4-2;/h13-16,21-28H,3-12,29-46H2,1-2H3;1H4/q+4;. The van der Waals surface area contributed by atoms with Crippen molar-refractivity contribution in [3.05, 3.63) is 95.1 Å². The number of piperazine rings is 6. The van der Waals surface area contributed by atoms with Crippen molar-refractivity contribution in [1.29, 1.82) is 0 Å². The minimum atomic E-state index is 0. The molecule has 0 atom stereocenters. The summed E-state index contributed by atoms with van der Waals surface area (Å²) in [4.78, 5) is 0. The smallest absolute Gasteiger partial charge is 0.129 e. The Morgan fingerprint density at radius 3 is 0.881 bits per heavy atom. The van der Waals surface area contributed by atoms with Crippen molar-refractivity contribution >= 4 is 0 Å². The van der Waals surface area contributed by atoms with Gasteiger partial charge in [-0.2, -0.15) is 0 Å². The fourth-order valence-electron chi connectivity index (χ4n) is 10.4. The van der Waals surface area contributed by atoms with E-state index in [1.54, 1.807) is 0 Å². The van der Waals surface area contributed by atoms with E-state index in [-0.39, 0.29) is 7.43 Å². The predicted molar refractivity (Wildman–Crippen MR) is 245 cm³/mol. The van der Waals surface area contributed by atoms with E-state index in [0.29, 0.717) is 0 Å². The van der Waals surface area contributed by atoms with Gasteiger partial charge in [-0.1, -0.05) is 70.6 Å². The molecule has 6 heterocycles. The summed E-state index contributed by atoms with van der Waals surface area (Å²) in [7, 11) is 0. The van der Waals surface area contributed by atoms with Crippen molar-refractivity contribution in [1.82, 2.24) is 0 Å². The molecule has 59 heavy (non-hydrogen) atoms. The fourth-order valence-corrected chi connectivity index (χ4v) is 10.4. The number of nitrogens with zero attached hydrogens (tertiary/aromatic N) is 4. The lowest BCUT2D eigenvalue weighted by Gasteiger charge is -2.55. The number of benzene rings is 3. The molecule has 3 aromatic rings. The summed E-state index contributed by atoms with van der Waals surface area (Å²) >= 11 is 0. The van der Waals surface area contributed by atoms with Crippen LogP contribution in [0.15, 0.2) is 72.8 Å². The number of fused-ring (bicyclic) bond motifs is 6. The Hall–Kier alpha value is -3.78. The van der Waals surface area contributed by atoms with E-state index in [9.17, 15) is 0 Å². The van der Waals surface area contributed by atoms with Gasteiger partial charge in [-0.15, -0.1) is 0 Å². The first-order valence-electron chi connectivity index (χ1n) is 23.4. The molecule has 6 aliphatic rings. The van der Waals surface area contributed by atoms with Gasteiger partial charge in [0.1, 0.15) is 90.0 Å². The Labute approximate surface area is 359 Å². The van der Waals surface area contributed by atoms with E-state index >= 15 is 0 Å². The van der Waals surface area contributed by atoms with Crippen molar-refractivity contribution in [2.75, 3.05) is 118 Å². The lowest BCUT2D eigenvalue weighted by Crippen LogP contribution is -2.75. The lowest BCUT2D eigenvalue weighted by atomic mass is 10.0. The second kappa shape index (κ2) is 21.7. The average Bonchev–Trinajstić information content (AvgIpc) is 3.28.